The molecule has 47 heavy (non-hydrogen) atoms. The number of esters is 1. The van der Waals surface area contributed by atoms with Gasteiger partial charge in [0.25, 0.3) is 11.8 Å². The number of carbonyl (C=O) groups excluding carboxylic acids is 3. The fourth-order valence-corrected chi connectivity index (χ4v) is 7.28. The van der Waals surface area contributed by atoms with Crippen molar-refractivity contribution in [1.82, 2.24) is 4.90 Å². The molecule has 0 aliphatic carbocycles. The molecular formula is C34H39NO12. The number of hydrogen-bond acceptors (Lipinski definition) is 12. The molecule has 1 N–H and O–H groups in total. The molecular weight excluding hydrogens is 614 g/mol. The predicted molar refractivity (Wildman–Crippen MR) is 159 cm³/mol. The van der Waals surface area contributed by atoms with Crippen molar-refractivity contribution in [3.63, 3.8) is 0 Å². The van der Waals surface area contributed by atoms with Gasteiger partial charge in [0.2, 0.25) is 0 Å². The maximum atomic E-state index is 13.4. The summed E-state index contributed by atoms with van der Waals surface area (Å²) in [7, 11) is 0. The van der Waals surface area contributed by atoms with Crippen molar-refractivity contribution in [2.24, 2.45) is 0 Å². The number of aliphatic hydroxyl groups excluding tert-OH is 1. The van der Waals surface area contributed by atoms with Crippen molar-refractivity contribution in [3.05, 3.63) is 71.3 Å². The zero-order valence-electron chi connectivity index (χ0n) is 26.8. The van der Waals surface area contributed by atoms with Crippen LogP contribution in [-0.4, -0.2) is 101 Å². The highest BCUT2D eigenvalue weighted by Crippen LogP contribution is 2.45. The highest BCUT2D eigenvalue weighted by molar-refractivity contribution is 6.21. The Morgan fingerprint density at radius 1 is 0.830 bits per heavy atom. The molecule has 10 atom stereocenters. The number of ether oxygens (including phenoxy) is 8. The van der Waals surface area contributed by atoms with E-state index in [-0.39, 0.29) is 24.2 Å². The third-order valence-corrected chi connectivity index (χ3v) is 9.05. The fourth-order valence-electron chi connectivity index (χ4n) is 7.28. The summed E-state index contributed by atoms with van der Waals surface area (Å²) in [5.74, 6) is -3.79. The largest absolute Gasteiger partial charge is 0.460 e. The molecule has 5 aliphatic heterocycles. The van der Waals surface area contributed by atoms with E-state index in [2.05, 4.69) is 0 Å². The molecule has 0 radical (unpaired) electrons. The average molecular weight is 654 g/mol. The van der Waals surface area contributed by atoms with E-state index in [9.17, 15) is 19.5 Å². The van der Waals surface area contributed by atoms with Gasteiger partial charge in [0.05, 0.1) is 23.8 Å². The first-order valence-electron chi connectivity index (χ1n) is 15.8. The predicted octanol–water partition coefficient (Wildman–Crippen LogP) is 2.67. The number of imide groups is 1. The summed E-state index contributed by atoms with van der Waals surface area (Å²) in [5.41, 5.74) is 1.40. The number of rotatable bonds is 8. The average Bonchev–Trinajstić information content (AvgIpc) is 3.69. The lowest BCUT2D eigenvalue weighted by atomic mass is 9.90. The highest BCUT2D eigenvalue weighted by atomic mass is 16.8. The van der Waals surface area contributed by atoms with Gasteiger partial charge >= 0.3 is 5.97 Å². The molecule has 0 bridgehead atoms. The zero-order chi connectivity index (χ0) is 33.2. The number of nitrogens with zero attached hydrogens (tertiary/aromatic N) is 1. The van der Waals surface area contributed by atoms with Gasteiger partial charge in [-0.3, -0.25) is 19.3 Å². The van der Waals surface area contributed by atoms with Crippen LogP contribution in [0.3, 0.4) is 0 Å². The second-order valence-corrected chi connectivity index (χ2v) is 13.4. The van der Waals surface area contributed by atoms with Crippen LogP contribution in [0.1, 0.15) is 67.3 Å². The fraction of sp³-hybridized carbons (Fsp3) is 0.559. The van der Waals surface area contributed by atoms with E-state index in [0.717, 1.165) is 10.5 Å². The van der Waals surface area contributed by atoms with E-state index < -0.39 is 90.7 Å². The van der Waals surface area contributed by atoms with Crippen molar-refractivity contribution >= 4 is 17.8 Å². The van der Waals surface area contributed by atoms with Gasteiger partial charge < -0.3 is 43.0 Å². The quantitative estimate of drug-likeness (QED) is 0.330. The lowest BCUT2D eigenvalue weighted by Gasteiger charge is -2.44. The molecule has 4 saturated heterocycles. The number of carbonyl (C=O) groups is 3. The molecule has 0 aromatic heterocycles. The minimum Gasteiger partial charge on any atom is -0.460 e. The second kappa shape index (κ2) is 12.0. The van der Waals surface area contributed by atoms with E-state index in [1.54, 1.807) is 52.0 Å². The SMILES string of the molecule is CC(=O)O[C@H](C[C@H]1OC(O)[C@H](N2C(=O)c3ccccc3C2=O)[C@H]2OC(C)(C)O[C@H]21)[C@H]1O[C@@H](OCc2ccccc2)[C@@H]2OC(C)(C)O[C@@H]21. The lowest BCUT2D eigenvalue weighted by molar-refractivity contribution is -0.260. The molecule has 2 amide bonds. The Hall–Kier alpha value is -3.27. The van der Waals surface area contributed by atoms with Gasteiger partial charge in [-0.25, -0.2) is 0 Å². The summed E-state index contributed by atoms with van der Waals surface area (Å²) in [4.78, 5) is 40.3. The van der Waals surface area contributed by atoms with Gasteiger partial charge in [-0.2, -0.15) is 0 Å². The van der Waals surface area contributed by atoms with Gasteiger partial charge in [-0.05, 0) is 45.4 Å². The second-order valence-electron chi connectivity index (χ2n) is 13.4. The maximum Gasteiger partial charge on any atom is 0.302 e. The van der Waals surface area contributed by atoms with Crippen LogP contribution >= 0.6 is 0 Å². The summed E-state index contributed by atoms with van der Waals surface area (Å²) >= 11 is 0. The van der Waals surface area contributed by atoms with E-state index in [0.29, 0.717) is 0 Å². The number of aliphatic hydroxyl groups is 1. The number of hydrogen-bond donors (Lipinski definition) is 1. The monoisotopic (exact) mass is 653 g/mol. The van der Waals surface area contributed by atoms with Gasteiger partial charge in [0, 0.05) is 13.3 Å². The Labute approximate surface area is 271 Å². The molecule has 5 heterocycles. The standard InChI is InChI=1S/C34H39NO12/c1-17(36)41-21(24-27-28(47-34(4,5)46-27)32(43-24)40-16-18-11-7-6-8-12-18)15-22-25-26(45-33(2,3)44-25)23(31(39)42-22)35-29(37)19-13-9-10-14-20(19)30(35)38/h6-14,21-28,31-32,39H,15-16H2,1-5H3/t21-,22-,23-,24-,25+,26-,27-,28-,31?,32-/m1/s1. The molecule has 1 unspecified atom stereocenters. The first-order chi connectivity index (χ1) is 22.3. The van der Waals surface area contributed by atoms with Crippen molar-refractivity contribution in [2.75, 3.05) is 0 Å². The van der Waals surface area contributed by atoms with Crippen molar-refractivity contribution in [2.45, 2.75) is 121 Å². The molecule has 2 aromatic carbocycles. The van der Waals surface area contributed by atoms with Crippen LogP contribution in [0.5, 0.6) is 0 Å². The smallest absolute Gasteiger partial charge is 0.302 e. The van der Waals surface area contributed by atoms with Crippen LogP contribution in [0.2, 0.25) is 0 Å². The summed E-state index contributed by atoms with van der Waals surface area (Å²) in [6.07, 6.45) is -8.28. The maximum absolute atomic E-state index is 13.4. The minimum atomic E-state index is -1.64. The molecule has 13 nitrogen and oxygen atoms in total. The van der Waals surface area contributed by atoms with Crippen LogP contribution in [-0.2, 0) is 49.3 Å². The number of fused-ring (bicyclic) bond motifs is 3. The van der Waals surface area contributed by atoms with E-state index in [4.69, 9.17) is 37.9 Å². The molecule has 4 fully saturated rings. The van der Waals surface area contributed by atoms with Gasteiger partial charge in [-0.1, -0.05) is 42.5 Å². The van der Waals surface area contributed by atoms with Crippen LogP contribution in [0.25, 0.3) is 0 Å². The summed E-state index contributed by atoms with van der Waals surface area (Å²) in [6.45, 7) is 8.51. The Kier molecular flexibility index (Phi) is 8.25. The number of benzene rings is 2. The highest BCUT2D eigenvalue weighted by Gasteiger charge is 2.62. The molecule has 5 aliphatic rings. The van der Waals surface area contributed by atoms with Crippen molar-refractivity contribution in [3.8, 4) is 0 Å². The topological polar surface area (TPSA) is 149 Å². The normalized spacial score (nSPS) is 35.8. The third-order valence-electron chi connectivity index (χ3n) is 9.05. The van der Waals surface area contributed by atoms with Crippen LogP contribution in [0.15, 0.2) is 54.6 Å². The molecule has 0 spiro atoms. The zero-order valence-corrected chi connectivity index (χ0v) is 26.8. The van der Waals surface area contributed by atoms with Gasteiger partial charge in [-0.15, -0.1) is 0 Å². The molecule has 0 saturated carbocycles. The Balaban J connectivity index is 1.14. The summed E-state index contributed by atoms with van der Waals surface area (Å²) in [5, 5.41) is 11.4. The Bertz CT molecular complexity index is 1490. The number of amides is 2. The molecule has 2 aromatic rings. The summed E-state index contributed by atoms with van der Waals surface area (Å²) < 4.78 is 49.4. The third kappa shape index (κ3) is 6.00. The first kappa shape index (κ1) is 32.3. The van der Waals surface area contributed by atoms with Crippen molar-refractivity contribution < 1.29 is 57.4 Å². The minimum absolute atomic E-state index is 0.00480. The molecule has 13 heteroatoms. The van der Waals surface area contributed by atoms with Crippen LogP contribution in [0.4, 0.5) is 0 Å². The Morgan fingerprint density at radius 3 is 2.04 bits per heavy atom. The van der Waals surface area contributed by atoms with E-state index >= 15 is 0 Å². The summed E-state index contributed by atoms with van der Waals surface area (Å²) in [6, 6.07) is 14.9. The lowest BCUT2D eigenvalue weighted by Crippen LogP contribution is -2.64. The van der Waals surface area contributed by atoms with Crippen LogP contribution < -0.4 is 0 Å². The molecule has 252 valence electrons. The van der Waals surface area contributed by atoms with Crippen LogP contribution in [0, 0.1) is 0 Å². The van der Waals surface area contributed by atoms with Gasteiger partial charge in [0.15, 0.2) is 24.2 Å². The first-order valence-corrected chi connectivity index (χ1v) is 15.8. The van der Waals surface area contributed by atoms with Crippen molar-refractivity contribution in [1.29, 1.82) is 0 Å². The Morgan fingerprint density at radius 2 is 1.40 bits per heavy atom. The van der Waals surface area contributed by atoms with E-state index in [1.807, 2.05) is 30.3 Å². The molecule has 7 rings (SSSR count). The van der Waals surface area contributed by atoms with E-state index in [1.165, 1.54) is 6.92 Å². The van der Waals surface area contributed by atoms with Gasteiger partial charge in [0.1, 0.15) is 42.7 Å².